The van der Waals surface area contributed by atoms with Gasteiger partial charge in [-0.25, -0.2) is 4.79 Å². The van der Waals surface area contributed by atoms with Gasteiger partial charge in [0, 0.05) is 31.7 Å². The van der Waals surface area contributed by atoms with Gasteiger partial charge in [-0.05, 0) is 44.9 Å². The van der Waals surface area contributed by atoms with Crippen LogP contribution in [0.1, 0.15) is 32.8 Å². The van der Waals surface area contributed by atoms with Gasteiger partial charge in [0.1, 0.15) is 11.4 Å². The Labute approximate surface area is 148 Å². The summed E-state index contributed by atoms with van der Waals surface area (Å²) in [6.45, 7) is 8.17. The Morgan fingerprint density at radius 2 is 2.04 bits per heavy atom. The van der Waals surface area contributed by atoms with Gasteiger partial charge in [-0.3, -0.25) is 4.90 Å². The highest BCUT2D eigenvalue weighted by atomic mass is 35.5. The molecule has 2 aliphatic rings. The Morgan fingerprint density at radius 3 is 2.62 bits per heavy atom. The highest BCUT2D eigenvalue weighted by Gasteiger charge is 2.46. The van der Waals surface area contributed by atoms with E-state index in [2.05, 4.69) is 4.90 Å². The maximum absolute atomic E-state index is 12.3. The van der Waals surface area contributed by atoms with E-state index in [1.54, 1.807) is 7.11 Å². The molecule has 0 saturated carbocycles. The van der Waals surface area contributed by atoms with Crippen LogP contribution in [0, 0.1) is 0 Å². The van der Waals surface area contributed by atoms with Gasteiger partial charge in [0.05, 0.1) is 12.1 Å². The van der Waals surface area contributed by atoms with E-state index in [0.29, 0.717) is 16.8 Å². The van der Waals surface area contributed by atoms with Gasteiger partial charge < -0.3 is 14.4 Å². The van der Waals surface area contributed by atoms with Crippen LogP contribution < -0.4 is 4.74 Å². The summed E-state index contributed by atoms with van der Waals surface area (Å²) in [5, 5.41) is 0.625. The van der Waals surface area contributed by atoms with E-state index in [1.165, 1.54) is 5.56 Å². The molecule has 24 heavy (non-hydrogen) atoms. The zero-order valence-corrected chi connectivity index (χ0v) is 15.5. The minimum Gasteiger partial charge on any atom is -0.495 e. The zero-order chi connectivity index (χ0) is 17.5. The monoisotopic (exact) mass is 352 g/mol. The molecule has 2 heterocycles. The molecule has 132 valence electrons. The second-order valence-corrected chi connectivity index (χ2v) is 7.98. The van der Waals surface area contributed by atoms with Crippen molar-refractivity contribution < 1.29 is 14.3 Å². The first kappa shape index (κ1) is 17.4. The second kappa shape index (κ2) is 6.45. The van der Waals surface area contributed by atoms with Crippen LogP contribution in [0.2, 0.25) is 5.02 Å². The van der Waals surface area contributed by atoms with Crippen LogP contribution >= 0.6 is 11.6 Å². The molecule has 0 spiro atoms. The number of piperazine rings is 1. The lowest BCUT2D eigenvalue weighted by molar-refractivity contribution is 0.0124. The van der Waals surface area contributed by atoms with Crippen LogP contribution in [0.25, 0.3) is 0 Å². The van der Waals surface area contributed by atoms with Gasteiger partial charge >= 0.3 is 6.09 Å². The molecule has 2 unspecified atom stereocenters. The number of methoxy groups -OCH3 is 1. The van der Waals surface area contributed by atoms with Crippen LogP contribution in [0.15, 0.2) is 18.2 Å². The highest BCUT2D eigenvalue weighted by Crippen LogP contribution is 2.34. The molecular formula is C18H25ClN2O3. The maximum Gasteiger partial charge on any atom is 0.410 e. The molecule has 2 bridgehead atoms. The fourth-order valence-corrected chi connectivity index (χ4v) is 3.72. The molecule has 1 aromatic rings. The van der Waals surface area contributed by atoms with E-state index in [-0.39, 0.29) is 12.1 Å². The number of nitrogens with zero attached hydrogens (tertiary/aromatic N) is 2. The number of benzene rings is 1. The quantitative estimate of drug-likeness (QED) is 0.834. The predicted octanol–water partition coefficient (Wildman–Crippen LogP) is 3.54. The first-order valence-electron chi connectivity index (χ1n) is 8.33. The average molecular weight is 353 g/mol. The average Bonchev–Trinajstić information content (AvgIpc) is 3.07. The lowest BCUT2D eigenvalue weighted by atomic mass is 10.2. The number of halogens is 1. The van der Waals surface area contributed by atoms with Gasteiger partial charge in [0.25, 0.3) is 0 Å². The normalized spacial score (nSPS) is 23.6. The Balaban J connectivity index is 1.60. The summed E-state index contributed by atoms with van der Waals surface area (Å²) in [7, 11) is 1.63. The number of likely N-dealkylation sites (tertiary alicyclic amines) is 2. The number of hydrogen-bond donors (Lipinski definition) is 0. The third-order valence-electron chi connectivity index (χ3n) is 4.58. The largest absolute Gasteiger partial charge is 0.495 e. The van der Waals surface area contributed by atoms with Crippen molar-refractivity contribution in [2.24, 2.45) is 0 Å². The number of amides is 1. The maximum atomic E-state index is 12.3. The summed E-state index contributed by atoms with van der Waals surface area (Å²) in [5.74, 6) is 0.703. The summed E-state index contributed by atoms with van der Waals surface area (Å²) in [4.78, 5) is 16.6. The second-order valence-electron chi connectivity index (χ2n) is 7.57. The Morgan fingerprint density at radius 1 is 1.29 bits per heavy atom. The van der Waals surface area contributed by atoms with Crippen molar-refractivity contribution in [2.45, 2.75) is 51.4 Å². The zero-order valence-electron chi connectivity index (χ0n) is 14.7. The third kappa shape index (κ3) is 3.62. The number of hydrogen-bond acceptors (Lipinski definition) is 4. The highest BCUT2D eigenvalue weighted by molar-refractivity contribution is 6.32. The third-order valence-corrected chi connectivity index (χ3v) is 4.90. The van der Waals surface area contributed by atoms with E-state index in [4.69, 9.17) is 21.1 Å². The van der Waals surface area contributed by atoms with Crippen LogP contribution in [-0.2, 0) is 11.3 Å². The van der Waals surface area contributed by atoms with Crippen molar-refractivity contribution in [3.8, 4) is 5.75 Å². The van der Waals surface area contributed by atoms with Gasteiger partial charge in [-0.15, -0.1) is 0 Å². The SMILES string of the molecule is COc1cc(CN2CC3CC2CN3C(=O)OC(C)(C)C)ccc1Cl. The van der Waals surface area contributed by atoms with E-state index < -0.39 is 5.60 Å². The van der Waals surface area contributed by atoms with Gasteiger partial charge in [0.15, 0.2) is 0 Å². The number of fused-ring (bicyclic) bond motifs is 2. The standard InChI is InChI=1S/C18H25ClN2O3/c1-18(2,3)24-17(22)21-11-13-8-14(21)10-20(13)9-12-5-6-15(19)16(7-12)23-4/h5-7,13-14H,8-11H2,1-4H3. The number of ether oxygens (including phenoxy) is 2. The van der Waals surface area contributed by atoms with Crippen molar-refractivity contribution in [2.75, 3.05) is 20.2 Å². The fourth-order valence-electron chi connectivity index (χ4n) is 3.52. The minimum absolute atomic E-state index is 0.192. The number of rotatable bonds is 3. The van der Waals surface area contributed by atoms with Gasteiger partial charge in [0.2, 0.25) is 0 Å². The summed E-state index contributed by atoms with van der Waals surface area (Å²) in [6, 6.07) is 6.53. The van der Waals surface area contributed by atoms with Crippen molar-refractivity contribution >= 4 is 17.7 Å². The van der Waals surface area contributed by atoms with Crippen LogP contribution in [-0.4, -0.2) is 53.8 Å². The molecular weight excluding hydrogens is 328 g/mol. The predicted molar refractivity (Wildman–Crippen MR) is 93.5 cm³/mol. The smallest absolute Gasteiger partial charge is 0.410 e. The molecule has 0 aliphatic carbocycles. The molecule has 0 aromatic heterocycles. The minimum atomic E-state index is -0.446. The molecule has 2 saturated heterocycles. The summed E-state index contributed by atoms with van der Waals surface area (Å²) in [6.07, 6.45) is 0.826. The molecule has 0 radical (unpaired) electrons. The van der Waals surface area contributed by atoms with Crippen molar-refractivity contribution in [1.29, 1.82) is 0 Å². The first-order valence-corrected chi connectivity index (χ1v) is 8.70. The van der Waals surface area contributed by atoms with Gasteiger partial charge in [-0.1, -0.05) is 17.7 Å². The number of carbonyl (C=O) groups excluding carboxylic acids is 1. The number of carbonyl (C=O) groups is 1. The van der Waals surface area contributed by atoms with E-state index >= 15 is 0 Å². The molecule has 3 rings (SSSR count). The molecule has 6 heteroatoms. The molecule has 1 amide bonds. The van der Waals surface area contributed by atoms with Crippen molar-refractivity contribution in [1.82, 2.24) is 9.80 Å². The fraction of sp³-hybridized carbons (Fsp3) is 0.611. The molecule has 1 aromatic carbocycles. The van der Waals surface area contributed by atoms with Crippen LogP contribution in [0.5, 0.6) is 5.75 Å². The van der Waals surface area contributed by atoms with E-state index in [1.807, 2.05) is 43.9 Å². The van der Waals surface area contributed by atoms with Crippen molar-refractivity contribution in [3.63, 3.8) is 0 Å². The van der Waals surface area contributed by atoms with E-state index in [0.717, 1.165) is 26.1 Å². The molecule has 2 aliphatic heterocycles. The Kier molecular flexibility index (Phi) is 4.67. The lowest BCUT2D eigenvalue weighted by Crippen LogP contribution is -2.49. The summed E-state index contributed by atoms with van der Waals surface area (Å²) >= 11 is 6.09. The van der Waals surface area contributed by atoms with Crippen LogP contribution in [0.4, 0.5) is 4.79 Å². The molecule has 2 fully saturated rings. The topological polar surface area (TPSA) is 42.0 Å². The summed E-state index contributed by atoms with van der Waals surface area (Å²) < 4.78 is 10.8. The molecule has 0 N–H and O–H groups in total. The lowest BCUT2D eigenvalue weighted by Gasteiger charge is -2.35. The van der Waals surface area contributed by atoms with Crippen molar-refractivity contribution in [3.05, 3.63) is 28.8 Å². The summed E-state index contributed by atoms with van der Waals surface area (Å²) in [5.41, 5.74) is 0.728. The van der Waals surface area contributed by atoms with E-state index in [9.17, 15) is 4.79 Å². The Hall–Kier alpha value is -1.46. The van der Waals surface area contributed by atoms with Gasteiger partial charge in [-0.2, -0.15) is 0 Å². The van der Waals surface area contributed by atoms with Crippen LogP contribution in [0.3, 0.4) is 0 Å². The molecule has 5 nitrogen and oxygen atoms in total. The first-order chi connectivity index (χ1) is 11.3. The molecule has 2 atom stereocenters. The Bertz CT molecular complexity index is 629.